The molecule has 3 rings (SSSR count). The normalized spacial score (nSPS) is 11.5. The van der Waals surface area contributed by atoms with Gasteiger partial charge in [-0.1, -0.05) is 36.4 Å². The molecule has 0 aliphatic carbocycles. The molecule has 0 bridgehead atoms. The summed E-state index contributed by atoms with van der Waals surface area (Å²) in [7, 11) is 0. The van der Waals surface area contributed by atoms with E-state index in [9.17, 15) is 5.11 Å². The number of rotatable bonds is 5. The summed E-state index contributed by atoms with van der Waals surface area (Å²) in [6.07, 6.45) is 0. The van der Waals surface area contributed by atoms with Crippen LogP contribution < -0.4 is 10.5 Å². The highest BCUT2D eigenvalue weighted by Crippen LogP contribution is 2.32. The standard InChI is InChI=1S/C18H17NO2S.ClH/c19-18(17-7-4-10-22-17)15-9-8-14(11-16(15)20)21-12-13-5-2-1-3-6-13;/h1-11,18,20H,12,19H2;1H/t18-;/m1./s1. The van der Waals surface area contributed by atoms with E-state index in [0.29, 0.717) is 17.9 Å². The first-order valence-electron chi connectivity index (χ1n) is 7.02. The maximum Gasteiger partial charge on any atom is 0.124 e. The van der Waals surface area contributed by atoms with Crippen LogP contribution in [0.3, 0.4) is 0 Å². The summed E-state index contributed by atoms with van der Waals surface area (Å²) < 4.78 is 5.70. The van der Waals surface area contributed by atoms with Gasteiger partial charge in [-0.3, -0.25) is 0 Å². The number of phenolic OH excluding ortho intramolecular Hbond substituents is 1. The van der Waals surface area contributed by atoms with Gasteiger partial charge in [0.05, 0.1) is 6.04 Å². The minimum absolute atomic E-state index is 0. The van der Waals surface area contributed by atoms with Gasteiger partial charge in [0, 0.05) is 16.5 Å². The Morgan fingerprint density at radius 1 is 1.04 bits per heavy atom. The molecule has 23 heavy (non-hydrogen) atoms. The van der Waals surface area contributed by atoms with Gasteiger partial charge < -0.3 is 15.6 Å². The van der Waals surface area contributed by atoms with Crippen LogP contribution in [0.15, 0.2) is 66.0 Å². The van der Waals surface area contributed by atoms with Gasteiger partial charge in [-0.25, -0.2) is 0 Å². The Hall–Kier alpha value is -2.01. The van der Waals surface area contributed by atoms with Crippen molar-refractivity contribution in [3.05, 3.63) is 82.0 Å². The number of phenols is 1. The third kappa shape index (κ3) is 4.26. The lowest BCUT2D eigenvalue weighted by Crippen LogP contribution is -2.10. The zero-order chi connectivity index (χ0) is 15.4. The molecule has 3 N–H and O–H groups in total. The Morgan fingerprint density at radius 2 is 1.83 bits per heavy atom. The Kier molecular flexibility index (Phi) is 6.04. The van der Waals surface area contributed by atoms with E-state index < -0.39 is 0 Å². The van der Waals surface area contributed by atoms with Gasteiger partial charge in [-0.15, -0.1) is 23.7 Å². The third-order valence-corrected chi connectivity index (χ3v) is 4.39. The number of ether oxygens (including phenoxy) is 1. The minimum Gasteiger partial charge on any atom is -0.507 e. The second kappa shape index (κ2) is 8.02. The molecule has 1 heterocycles. The van der Waals surface area contributed by atoms with Crippen LogP contribution in [0.2, 0.25) is 0 Å². The topological polar surface area (TPSA) is 55.5 Å². The van der Waals surface area contributed by atoms with Gasteiger partial charge in [-0.05, 0) is 29.1 Å². The van der Waals surface area contributed by atoms with E-state index in [2.05, 4.69) is 0 Å². The number of hydrogen-bond donors (Lipinski definition) is 2. The van der Waals surface area contributed by atoms with Gasteiger partial charge in [-0.2, -0.15) is 0 Å². The Labute approximate surface area is 145 Å². The van der Waals surface area contributed by atoms with Gasteiger partial charge in [0.1, 0.15) is 18.1 Å². The predicted octanol–water partition coefficient (Wildman–Crippen LogP) is 4.50. The second-order valence-electron chi connectivity index (χ2n) is 4.99. The molecule has 0 saturated carbocycles. The Bertz CT molecular complexity index is 732. The zero-order valence-corrected chi connectivity index (χ0v) is 14.0. The molecule has 0 spiro atoms. The molecule has 3 nitrogen and oxygen atoms in total. The molecule has 0 unspecified atom stereocenters. The van der Waals surface area contributed by atoms with Crippen LogP contribution in [0.1, 0.15) is 22.0 Å². The molecule has 0 amide bonds. The molecule has 120 valence electrons. The molecular weight excluding hydrogens is 330 g/mol. The van der Waals surface area contributed by atoms with E-state index in [4.69, 9.17) is 10.5 Å². The Morgan fingerprint density at radius 3 is 2.48 bits per heavy atom. The van der Waals surface area contributed by atoms with Crippen molar-refractivity contribution in [1.29, 1.82) is 0 Å². The van der Waals surface area contributed by atoms with Crippen LogP contribution in [0.5, 0.6) is 11.5 Å². The quantitative estimate of drug-likeness (QED) is 0.714. The van der Waals surface area contributed by atoms with Crippen molar-refractivity contribution in [2.75, 3.05) is 0 Å². The largest absolute Gasteiger partial charge is 0.507 e. The van der Waals surface area contributed by atoms with Gasteiger partial charge in [0.25, 0.3) is 0 Å². The lowest BCUT2D eigenvalue weighted by atomic mass is 10.0. The molecular formula is C18H18ClNO2S. The summed E-state index contributed by atoms with van der Waals surface area (Å²) in [4.78, 5) is 1.02. The van der Waals surface area contributed by atoms with Crippen molar-refractivity contribution < 1.29 is 9.84 Å². The van der Waals surface area contributed by atoms with Gasteiger partial charge in [0.2, 0.25) is 0 Å². The first kappa shape index (κ1) is 17.3. The molecule has 0 radical (unpaired) electrons. The van der Waals surface area contributed by atoms with Crippen molar-refractivity contribution in [3.8, 4) is 11.5 Å². The second-order valence-corrected chi connectivity index (χ2v) is 5.97. The third-order valence-electron chi connectivity index (χ3n) is 3.43. The highest BCUT2D eigenvalue weighted by atomic mass is 35.5. The van der Waals surface area contributed by atoms with Crippen molar-refractivity contribution >= 4 is 23.7 Å². The summed E-state index contributed by atoms with van der Waals surface area (Å²) in [5, 5.41) is 12.2. The van der Waals surface area contributed by atoms with E-state index in [0.717, 1.165) is 10.4 Å². The molecule has 3 aromatic rings. The number of hydrogen-bond acceptors (Lipinski definition) is 4. The van der Waals surface area contributed by atoms with Gasteiger partial charge >= 0.3 is 0 Å². The van der Waals surface area contributed by atoms with Crippen LogP contribution in [0.25, 0.3) is 0 Å². The van der Waals surface area contributed by atoms with Crippen LogP contribution in [0.4, 0.5) is 0 Å². The summed E-state index contributed by atoms with van der Waals surface area (Å²) in [5.41, 5.74) is 7.97. The van der Waals surface area contributed by atoms with Crippen LogP contribution in [-0.4, -0.2) is 5.11 Å². The molecule has 0 aliphatic heterocycles. The lowest BCUT2D eigenvalue weighted by molar-refractivity contribution is 0.304. The number of nitrogens with two attached hydrogens (primary N) is 1. The van der Waals surface area contributed by atoms with E-state index in [1.165, 1.54) is 0 Å². The van der Waals surface area contributed by atoms with Crippen LogP contribution in [-0.2, 0) is 6.61 Å². The number of aromatic hydroxyl groups is 1. The number of halogens is 1. The molecule has 1 aromatic heterocycles. The molecule has 2 aromatic carbocycles. The average Bonchev–Trinajstić information content (AvgIpc) is 3.08. The van der Waals surface area contributed by atoms with E-state index in [1.807, 2.05) is 60.0 Å². The van der Waals surface area contributed by atoms with Crippen molar-refractivity contribution in [2.24, 2.45) is 5.73 Å². The fourth-order valence-corrected chi connectivity index (χ4v) is 2.98. The number of thiophene rings is 1. The number of benzene rings is 2. The van der Waals surface area contributed by atoms with Crippen molar-refractivity contribution in [3.63, 3.8) is 0 Å². The molecule has 0 aliphatic rings. The highest BCUT2D eigenvalue weighted by molar-refractivity contribution is 7.10. The monoisotopic (exact) mass is 347 g/mol. The molecule has 0 saturated heterocycles. The van der Waals surface area contributed by atoms with Crippen molar-refractivity contribution in [1.82, 2.24) is 0 Å². The first-order chi connectivity index (χ1) is 10.7. The predicted molar refractivity (Wildman–Crippen MR) is 96.5 cm³/mol. The average molecular weight is 348 g/mol. The smallest absolute Gasteiger partial charge is 0.124 e. The molecule has 1 atom stereocenters. The summed E-state index contributed by atoms with van der Waals surface area (Å²) in [6.45, 7) is 0.469. The SMILES string of the molecule is Cl.N[C@@H](c1cccs1)c1ccc(OCc2ccccc2)cc1O. The van der Waals surface area contributed by atoms with Crippen LogP contribution >= 0.6 is 23.7 Å². The fourth-order valence-electron chi connectivity index (χ4n) is 2.24. The summed E-state index contributed by atoms with van der Waals surface area (Å²) in [5.74, 6) is 0.787. The summed E-state index contributed by atoms with van der Waals surface area (Å²) in [6, 6.07) is 18.8. The highest BCUT2D eigenvalue weighted by Gasteiger charge is 2.14. The van der Waals surface area contributed by atoms with Crippen LogP contribution in [0, 0.1) is 0 Å². The maximum absolute atomic E-state index is 10.2. The van der Waals surface area contributed by atoms with E-state index in [1.54, 1.807) is 17.4 Å². The molecule has 5 heteroatoms. The maximum atomic E-state index is 10.2. The fraction of sp³-hybridized carbons (Fsp3) is 0.111. The molecule has 0 fully saturated rings. The van der Waals surface area contributed by atoms with E-state index in [-0.39, 0.29) is 24.2 Å². The first-order valence-corrected chi connectivity index (χ1v) is 7.90. The van der Waals surface area contributed by atoms with Crippen molar-refractivity contribution in [2.45, 2.75) is 12.6 Å². The van der Waals surface area contributed by atoms with Gasteiger partial charge in [0.15, 0.2) is 0 Å². The Balaban J connectivity index is 0.00000192. The summed E-state index contributed by atoms with van der Waals surface area (Å²) >= 11 is 1.58. The minimum atomic E-state index is -0.317. The van der Waals surface area contributed by atoms with E-state index >= 15 is 0 Å². The zero-order valence-electron chi connectivity index (χ0n) is 12.4. The lowest BCUT2D eigenvalue weighted by Gasteiger charge is -2.14.